The quantitative estimate of drug-likeness (QED) is 0.641. The molecule has 0 amide bonds. The van der Waals surface area contributed by atoms with Gasteiger partial charge in [-0.05, 0) is 55.0 Å². The number of aryl methyl sites for hydroxylation is 1. The van der Waals surface area contributed by atoms with Gasteiger partial charge in [0.2, 0.25) is 0 Å². The molecule has 3 aromatic rings. The van der Waals surface area contributed by atoms with Crippen molar-refractivity contribution < 1.29 is 27.1 Å². The number of rotatable bonds is 5. The highest BCUT2D eigenvalue weighted by molar-refractivity contribution is 5.88. The Morgan fingerprint density at radius 1 is 1.13 bits per heavy atom. The molecular weight excluding hydrogens is 413 g/mol. The van der Waals surface area contributed by atoms with Crippen molar-refractivity contribution in [3.63, 3.8) is 0 Å². The number of alkyl halides is 3. The maximum Gasteiger partial charge on any atom is 0.418 e. The van der Waals surface area contributed by atoms with Crippen molar-refractivity contribution in [1.82, 2.24) is 15.2 Å². The van der Waals surface area contributed by atoms with Crippen LogP contribution < -0.4 is 5.32 Å². The first kappa shape index (κ1) is 20.2. The molecule has 1 N–H and O–H groups in total. The van der Waals surface area contributed by atoms with Crippen LogP contribution in [0, 0.1) is 6.92 Å². The molecule has 2 aromatic heterocycles. The Hall–Kier alpha value is -2.72. The van der Waals surface area contributed by atoms with E-state index >= 15 is 0 Å². The number of benzene rings is 1. The van der Waals surface area contributed by atoms with Gasteiger partial charge in [0.05, 0.1) is 37.0 Å². The van der Waals surface area contributed by atoms with Crippen LogP contribution in [0.3, 0.4) is 0 Å². The second kappa shape index (κ2) is 7.76. The van der Waals surface area contributed by atoms with Crippen molar-refractivity contribution in [2.45, 2.75) is 38.0 Å². The highest BCUT2D eigenvalue weighted by atomic mass is 19.4. The number of nitrogens with one attached hydrogen (secondary N) is 1. The van der Waals surface area contributed by atoms with Gasteiger partial charge in [-0.1, -0.05) is 5.10 Å². The zero-order chi connectivity index (χ0) is 21.6. The third-order valence-electron chi connectivity index (χ3n) is 5.51. The molecule has 0 spiro atoms. The average molecular weight is 434 g/mol. The predicted molar refractivity (Wildman–Crippen MR) is 106 cm³/mol. The fourth-order valence-corrected chi connectivity index (χ4v) is 3.75. The van der Waals surface area contributed by atoms with Gasteiger partial charge < -0.3 is 19.2 Å². The number of hydrogen-bond donors (Lipinski definition) is 1. The molecule has 10 heteroatoms. The summed E-state index contributed by atoms with van der Waals surface area (Å²) in [7, 11) is 0. The molecule has 1 atom stereocenters. The predicted octanol–water partition coefficient (Wildman–Crippen LogP) is 4.32. The van der Waals surface area contributed by atoms with Gasteiger partial charge in [0.1, 0.15) is 5.69 Å². The first-order valence-electron chi connectivity index (χ1n) is 10.2. The number of hydrogen-bond acceptors (Lipinski definition) is 7. The lowest BCUT2D eigenvalue weighted by molar-refractivity contribution is -0.136. The number of pyridine rings is 1. The van der Waals surface area contributed by atoms with Crippen molar-refractivity contribution in [3.05, 3.63) is 34.9 Å². The number of nitrogens with zero attached hydrogens (tertiary/aromatic N) is 3. The minimum atomic E-state index is -4.51. The van der Waals surface area contributed by atoms with E-state index in [2.05, 4.69) is 20.5 Å². The molecule has 1 aliphatic heterocycles. The lowest BCUT2D eigenvalue weighted by atomic mass is 9.98. The molecule has 1 saturated carbocycles. The molecule has 1 aliphatic carbocycles. The Kier molecular flexibility index (Phi) is 5.05. The lowest BCUT2D eigenvalue weighted by Gasteiger charge is -2.22. The molecular formula is C21H21F3N4O3. The highest BCUT2D eigenvalue weighted by Crippen LogP contribution is 2.45. The number of fused-ring (bicyclic) bond motifs is 1. The summed E-state index contributed by atoms with van der Waals surface area (Å²) in [4.78, 5) is 4.27. The zero-order valence-corrected chi connectivity index (χ0v) is 16.8. The van der Waals surface area contributed by atoms with Crippen LogP contribution in [0.15, 0.2) is 22.6 Å². The van der Waals surface area contributed by atoms with Gasteiger partial charge in [-0.3, -0.25) is 0 Å². The second-order valence-electron chi connectivity index (χ2n) is 7.92. The molecule has 1 saturated heterocycles. The van der Waals surface area contributed by atoms with Gasteiger partial charge in [-0.2, -0.15) is 13.2 Å². The van der Waals surface area contributed by atoms with E-state index < -0.39 is 11.7 Å². The molecule has 0 radical (unpaired) electrons. The maximum absolute atomic E-state index is 13.8. The first-order valence-corrected chi connectivity index (χ1v) is 10.2. The van der Waals surface area contributed by atoms with E-state index in [0.29, 0.717) is 37.3 Å². The molecule has 7 nitrogen and oxygen atoms in total. The van der Waals surface area contributed by atoms with Gasteiger partial charge in [0.25, 0.3) is 5.89 Å². The fourth-order valence-electron chi connectivity index (χ4n) is 3.75. The van der Waals surface area contributed by atoms with E-state index in [9.17, 15) is 13.2 Å². The van der Waals surface area contributed by atoms with E-state index in [-0.39, 0.29) is 35.1 Å². The smallest absolute Gasteiger partial charge is 0.402 e. The van der Waals surface area contributed by atoms with Crippen molar-refractivity contribution in [1.29, 1.82) is 0 Å². The van der Waals surface area contributed by atoms with E-state index in [0.717, 1.165) is 18.4 Å². The zero-order valence-electron chi connectivity index (χ0n) is 16.8. The van der Waals surface area contributed by atoms with Gasteiger partial charge in [0, 0.05) is 11.9 Å². The summed E-state index contributed by atoms with van der Waals surface area (Å²) < 4.78 is 57.9. The summed E-state index contributed by atoms with van der Waals surface area (Å²) >= 11 is 0. The Morgan fingerprint density at radius 2 is 1.97 bits per heavy atom. The summed E-state index contributed by atoms with van der Waals surface area (Å²) in [6, 6.07) is 4.86. The van der Waals surface area contributed by atoms with Crippen LogP contribution in [-0.2, 0) is 15.7 Å². The van der Waals surface area contributed by atoms with Gasteiger partial charge >= 0.3 is 12.2 Å². The third kappa shape index (κ3) is 4.22. The largest absolute Gasteiger partial charge is 0.418 e. The number of halogens is 3. The normalized spacial score (nSPS) is 19.7. The van der Waals surface area contributed by atoms with Crippen LogP contribution >= 0.6 is 0 Å². The first-order chi connectivity index (χ1) is 14.9. The minimum absolute atomic E-state index is 0.0488. The summed E-state index contributed by atoms with van der Waals surface area (Å²) in [6.45, 7) is 3.72. The van der Waals surface area contributed by atoms with Crippen molar-refractivity contribution in [3.8, 4) is 11.6 Å². The summed E-state index contributed by atoms with van der Waals surface area (Å²) in [5.74, 6) is 0.250. The van der Waals surface area contributed by atoms with Gasteiger partial charge in [-0.15, -0.1) is 5.10 Å². The molecule has 31 heavy (non-hydrogen) atoms. The molecule has 2 aliphatic rings. The van der Waals surface area contributed by atoms with Gasteiger partial charge in [-0.25, -0.2) is 4.98 Å². The van der Waals surface area contributed by atoms with E-state index in [1.165, 1.54) is 6.07 Å². The molecule has 1 unspecified atom stereocenters. The van der Waals surface area contributed by atoms with Crippen LogP contribution in [0.2, 0.25) is 0 Å². The minimum Gasteiger partial charge on any atom is -0.402 e. The standard InChI is InChI=1S/C21H21F3N4O3/c1-11-6-17(19-27-28-20(31-19)25-9-14-10-29-4-5-30-14)26-18-15(11)7-13(12-2-3-12)8-16(18)21(22,23)24/h6-8,12,14H,2-5,9-10H2,1H3,(H,25,28). The lowest BCUT2D eigenvalue weighted by Crippen LogP contribution is -2.34. The second-order valence-corrected chi connectivity index (χ2v) is 7.92. The average Bonchev–Trinajstić information content (AvgIpc) is 3.49. The maximum atomic E-state index is 13.8. The highest BCUT2D eigenvalue weighted by Gasteiger charge is 2.36. The van der Waals surface area contributed by atoms with Crippen molar-refractivity contribution >= 4 is 16.9 Å². The molecule has 1 aromatic carbocycles. The Morgan fingerprint density at radius 3 is 2.68 bits per heavy atom. The number of anilines is 1. The third-order valence-corrected chi connectivity index (χ3v) is 5.51. The Labute approximate surface area is 176 Å². The summed E-state index contributed by atoms with van der Waals surface area (Å²) in [5.41, 5.74) is 0.758. The van der Waals surface area contributed by atoms with E-state index in [1.807, 2.05) is 6.07 Å². The molecule has 164 valence electrons. The van der Waals surface area contributed by atoms with E-state index in [4.69, 9.17) is 13.9 Å². The topological polar surface area (TPSA) is 82.3 Å². The van der Waals surface area contributed by atoms with Gasteiger partial charge in [0.15, 0.2) is 0 Å². The molecule has 0 bridgehead atoms. The van der Waals surface area contributed by atoms with E-state index in [1.54, 1.807) is 13.0 Å². The van der Waals surface area contributed by atoms with Crippen LogP contribution in [0.1, 0.15) is 35.4 Å². The SMILES string of the molecule is Cc1cc(-c2nnc(NCC3COCCO3)o2)nc2c(C(F)(F)F)cc(C3CC3)cc12. The molecule has 5 rings (SSSR count). The Bertz CT molecular complexity index is 1110. The van der Waals surface area contributed by atoms with Crippen molar-refractivity contribution in [2.24, 2.45) is 0 Å². The van der Waals surface area contributed by atoms with Crippen molar-refractivity contribution in [2.75, 3.05) is 31.7 Å². The summed E-state index contributed by atoms with van der Waals surface area (Å²) in [5, 5.41) is 11.3. The molecule has 3 heterocycles. The van der Waals surface area contributed by atoms with Crippen LogP contribution in [0.4, 0.5) is 19.2 Å². The van der Waals surface area contributed by atoms with Crippen LogP contribution in [-0.4, -0.2) is 47.7 Å². The fraction of sp³-hybridized carbons (Fsp3) is 0.476. The van der Waals surface area contributed by atoms with Crippen LogP contribution in [0.25, 0.3) is 22.5 Å². The number of ether oxygens (including phenoxy) is 2. The monoisotopic (exact) mass is 434 g/mol. The summed E-state index contributed by atoms with van der Waals surface area (Å²) in [6.07, 6.45) is -2.81. The molecule has 2 fully saturated rings. The Balaban J connectivity index is 1.46. The van der Waals surface area contributed by atoms with Crippen LogP contribution in [0.5, 0.6) is 0 Å². The number of aromatic nitrogens is 3.